The van der Waals surface area contributed by atoms with E-state index in [1.165, 1.54) is 6.42 Å². The Bertz CT molecular complexity index is 208. The summed E-state index contributed by atoms with van der Waals surface area (Å²) in [6, 6.07) is -0.374. The second-order valence-electron chi connectivity index (χ2n) is 4.37. The van der Waals surface area contributed by atoms with E-state index in [4.69, 9.17) is 5.11 Å². The third kappa shape index (κ3) is 2.96. The van der Waals surface area contributed by atoms with Crippen LogP contribution in [0.2, 0.25) is 0 Å². The molecule has 2 atom stereocenters. The highest BCUT2D eigenvalue weighted by Gasteiger charge is 2.24. The lowest BCUT2D eigenvalue weighted by Crippen LogP contribution is -2.39. The van der Waals surface area contributed by atoms with Gasteiger partial charge in [0.05, 0.1) is 0 Å². The van der Waals surface area contributed by atoms with Gasteiger partial charge in [-0.05, 0) is 39.9 Å². The smallest absolute Gasteiger partial charge is 0.320 e. The second kappa shape index (κ2) is 4.75. The first kappa shape index (κ1) is 11.5. The fourth-order valence-electron chi connectivity index (χ4n) is 1.93. The highest BCUT2D eigenvalue weighted by atomic mass is 16.4. The Hall–Kier alpha value is -0.610. The van der Waals surface area contributed by atoms with Crippen LogP contribution in [0.5, 0.6) is 0 Å². The van der Waals surface area contributed by atoms with Crippen LogP contribution in [-0.4, -0.2) is 60.6 Å². The van der Waals surface area contributed by atoms with E-state index in [0.717, 1.165) is 19.6 Å². The largest absolute Gasteiger partial charge is 0.480 e. The van der Waals surface area contributed by atoms with Crippen molar-refractivity contribution in [1.82, 2.24) is 9.80 Å². The molecule has 82 valence electrons. The lowest BCUT2D eigenvalue weighted by Gasteiger charge is -2.24. The van der Waals surface area contributed by atoms with E-state index in [1.807, 2.05) is 11.9 Å². The van der Waals surface area contributed by atoms with E-state index in [9.17, 15) is 4.79 Å². The third-order valence-corrected chi connectivity index (χ3v) is 3.05. The molecule has 1 fully saturated rings. The van der Waals surface area contributed by atoms with Gasteiger partial charge >= 0.3 is 5.97 Å². The lowest BCUT2D eigenvalue weighted by atomic mass is 10.1. The van der Waals surface area contributed by atoms with Crippen molar-refractivity contribution < 1.29 is 9.90 Å². The third-order valence-electron chi connectivity index (χ3n) is 3.05. The minimum atomic E-state index is -0.737. The molecule has 4 nitrogen and oxygen atoms in total. The number of carboxylic acids is 1. The summed E-state index contributed by atoms with van der Waals surface area (Å²) >= 11 is 0. The Morgan fingerprint density at radius 1 is 1.71 bits per heavy atom. The van der Waals surface area contributed by atoms with Crippen molar-refractivity contribution in [2.75, 3.05) is 33.7 Å². The zero-order chi connectivity index (χ0) is 10.7. The van der Waals surface area contributed by atoms with Crippen LogP contribution < -0.4 is 0 Å². The quantitative estimate of drug-likeness (QED) is 0.711. The molecule has 0 bridgehead atoms. The number of carboxylic acid groups (broad SMARTS) is 1. The van der Waals surface area contributed by atoms with Crippen LogP contribution in [-0.2, 0) is 4.79 Å². The average molecular weight is 200 g/mol. The Morgan fingerprint density at radius 2 is 2.36 bits per heavy atom. The maximum absolute atomic E-state index is 10.7. The molecule has 0 spiro atoms. The first-order chi connectivity index (χ1) is 6.50. The molecule has 1 aliphatic rings. The molecule has 1 heterocycles. The highest BCUT2D eigenvalue weighted by Crippen LogP contribution is 2.15. The lowest BCUT2D eigenvalue weighted by molar-refractivity contribution is -0.142. The van der Waals surface area contributed by atoms with Crippen LogP contribution in [0.15, 0.2) is 0 Å². The molecule has 1 aliphatic heterocycles. The van der Waals surface area contributed by atoms with Gasteiger partial charge in [0, 0.05) is 13.1 Å². The van der Waals surface area contributed by atoms with Crippen molar-refractivity contribution in [3.63, 3.8) is 0 Å². The zero-order valence-corrected chi connectivity index (χ0v) is 9.23. The van der Waals surface area contributed by atoms with E-state index in [-0.39, 0.29) is 6.04 Å². The molecule has 0 aliphatic carbocycles. The molecule has 1 N–H and O–H groups in total. The van der Waals surface area contributed by atoms with E-state index in [2.05, 4.69) is 11.9 Å². The Morgan fingerprint density at radius 3 is 2.79 bits per heavy atom. The number of rotatable bonds is 4. The SMILES string of the molecule is CC(C(=O)O)N(C)CC1CCN(C)C1. The Labute approximate surface area is 85.5 Å². The van der Waals surface area contributed by atoms with Crippen LogP contribution in [0.3, 0.4) is 0 Å². The molecule has 0 aromatic rings. The molecule has 4 heteroatoms. The average Bonchev–Trinajstić information content (AvgIpc) is 2.49. The summed E-state index contributed by atoms with van der Waals surface area (Å²) in [5, 5.41) is 8.83. The van der Waals surface area contributed by atoms with Gasteiger partial charge in [-0.15, -0.1) is 0 Å². The number of hydrogen-bond donors (Lipinski definition) is 1. The van der Waals surface area contributed by atoms with Gasteiger partial charge in [0.1, 0.15) is 6.04 Å². The number of nitrogens with zero attached hydrogens (tertiary/aromatic N) is 2. The molecular formula is C10H20N2O2. The molecule has 0 saturated carbocycles. The molecule has 2 unspecified atom stereocenters. The predicted molar refractivity (Wildman–Crippen MR) is 55.3 cm³/mol. The van der Waals surface area contributed by atoms with Gasteiger partial charge in [-0.2, -0.15) is 0 Å². The summed E-state index contributed by atoms with van der Waals surface area (Å²) in [5.74, 6) is -0.106. The molecular weight excluding hydrogens is 180 g/mol. The maximum Gasteiger partial charge on any atom is 0.320 e. The standard InChI is InChI=1S/C10H20N2O2/c1-8(10(13)14)12(3)7-9-4-5-11(2)6-9/h8-9H,4-7H2,1-3H3,(H,13,14). The van der Waals surface area contributed by atoms with Gasteiger partial charge in [-0.3, -0.25) is 9.69 Å². The highest BCUT2D eigenvalue weighted by molar-refractivity contribution is 5.72. The monoisotopic (exact) mass is 200 g/mol. The van der Waals surface area contributed by atoms with Gasteiger partial charge in [0.25, 0.3) is 0 Å². The predicted octanol–water partition coefficient (Wildman–Crippen LogP) is 0.343. The van der Waals surface area contributed by atoms with Crippen molar-refractivity contribution in [3.05, 3.63) is 0 Å². The van der Waals surface area contributed by atoms with Gasteiger partial charge in [0.2, 0.25) is 0 Å². The summed E-state index contributed by atoms with van der Waals surface area (Å²) in [6.45, 7) is 4.86. The van der Waals surface area contributed by atoms with Crippen molar-refractivity contribution in [3.8, 4) is 0 Å². The molecule has 0 radical (unpaired) electrons. The number of hydrogen-bond acceptors (Lipinski definition) is 3. The molecule has 0 aromatic carbocycles. The van der Waals surface area contributed by atoms with Crippen LogP contribution in [0.4, 0.5) is 0 Å². The fourth-order valence-corrected chi connectivity index (χ4v) is 1.93. The van der Waals surface area contributed by atoms with E-state index in [0.29, 0.717) is 5.92 Å². The summed E-state index contributed by atoms with van der Waals surface area (Å²) in [5.41, 5.74) is 0. The minimum absolute atomic E-state index is 0.374. The number of likely N-dealkylation sites (tertiary alicyclic amines) is 1. The summed E-state index contributed by atoms with van der Waals surface area (Å²) in [7, 11) is 4.00. The first-order valence-electron chi connectivity index (χ1n) is 5.12. The summed E-state index contributed by atoms with van der Waals surface area (Å²) in [6.07, 6.45) is 1.19. The summed E-state index contributed by atoms with van der Waals surface area (Å²) in [4.78, 5) is 14.9. The van der Waals surface area contributed by atoms with Crippen LogP contribution >= 0.6 is 0 Å². The molecule has 0 aromatic heterocycles. The molecule has 14 heavy (non-hydrogen) atoms. The Kier molecular flexibility index (Phi) is 3.89. The van der Waals surface area contributed by atoms with Gasteiger partial charge in [0.15, 0.2) is 0 Å². The number of aliphatic carboxylic acids is 1. The molecule has 1 rings (SSSR count). The van der Waals surface area contributed by atoms with E-state index < -0.39 is 5.97 Å². The Balaban J connectivity index is 2.33. The second-order valence-corrected chi connectivity index (χ2v) is 4.37. The van der Waals surface area contributed by atoms with E-state index >= 15 is 0 Å². The summed E-state index contributed by atoms with van der Waals surface area (Å²) < 4.78 is 0. The normalized spacial score (nSPS) is 25.6. The molecule has 1 saturated heterocycles. The van der Waals surface area contributed by atoms with Crippen molar-refractivity contribution >= 4 is 5.97 Å². The van der Waals surface area contributed by atoms with Crippen molar-refractivity contribution in [2.24, 2.45) is 5.92 Å². The van der Waals surface area contributed by atoms with Gasteiger partial charge in [-0.1, -0.05) is 0 Å². The molecule has 0 amide bonds. The number of likely N-dealkylation sites (N-methyl/N-ethyl adjacent to an activating group) is 1. The number of carbonyl (C=O) groups is 1. The maximum atomic E-state index is 10.7. The van der Waals surface area contributed by atoms with E-state index in [1.54, 1.807) is 6.92 Å². The van der Waals surface area contributed by atoms with Crippen LogP contribution in [0, 0.1) is 5.92 Å². The minimum Gasteiger partial charge on any atom is -0.480 e. The topological polar surface area (TPSA) is 43.8 Å². The first-order valence-corrected chi connectivity index (χ1v) is 5.12. The van der Waals surface area contributed by atoms with Gasteiger partial charge < -0.3 is 10.0 Å². The van der Waals surface area contributed by atoms with Crippen molar-refractivity contribution in [1.29, 1.82) is 0 Å². The van der Waals surface area contributed by atoms with Crippen LogP contribution in [0.1, 0.15) is 13.3 Å². The fraction of sp³-hybridized carbons (Fsp3) is 0.900. The van der Waals surface area contributed by atoms with Crippen LogP contribution in [0.25, 0.3) is 0 Å². The zero-order valence-electron chi connectivity index (χ0n) is 9.23. The van der Waals surface area contributed by atoms with Crippen molar-refractivity contribution in [2.45, 2.75) is 19.4 Å². The van der Waals surface area contributed by atoms with Gasteiger partial charge in [-0.25, -0.2) is 0 Å².